The van der Waals surface area contributed by atoms with Gasteiger partial charge in [0, 0.05) is 44.0 Å². The maximum atomic E-state index is 2.61. The lowest BCUT2D eigenvalue weighted by Gasteiger charge is -2.47. The van der Waals surface area contributed by atoms with E-state index in [1.54, 1.807) is 0 Å². The first-order valence-corrected chi connectivity index (χ1v) is 18.0. The van der Waals surface area contributed by atoms with Crippen LogP contribution in [0, 0.1) is 0 Å². The van der Waals surface area contributed by atoms with Gasteiger partial charge in [0.1, 0.15) is 5.54 Å². The van der Waals surface area contributed by atoms with Crippen molar-refractivity contribution in [1.82, 2.24) is 9.13 Å². The molecule has 3 heteroatoms. The van der Waals surface area contributed by atoms with Crippen molar-refractivity contribution in [2.24, 2.45) is 0 Å². The molecule has 52 heavy (non-hydrogen) atoms. The van der Waals surface area contributed by atoms with Crippen LogP contribution in [0.15, 0.2) is 200 Å². The monoisotopic (exact) mass is 663 g/mol. The lowest BCUT2D eigenvalue weighted by Crippen LogP contribution is -2.42. The second-order valence-electron chi connectivity index (χ2n) is 13.7. The van der Waals surface area contributed by atoms with Gasteiger partial charge in [0.25, 0.3) is 0 Å². The zero-order valence-electron chi connectivity index (χ0n) is 28.4. The molecule has 11 rings (SSSR count). The molecule has 0 atom stereocenters. The average Bonchev–Trinajstić information content (AvgIpc) is 3.73. The average molecular weight is 664 g/mol. The van der Waals surface area contributed by atoms with Gasteiger partial charge in [0.05, 0.1) is 33.4 Å². The van der Waals surface area contributed by atoms with Gasteiger partial charge in [-0.2, -0.15) is 0 Å². The summed E-state index contributed by atoms with van der Waals surface area (Å²) in [6.45, 7) is 0. The zero-order chi connectivity index (χ0) is 34.2. The molecule has 1 aliphatic heterocycles. The van der Waals surface area contributed by atoms with Gasteiger partial charge in [-0.25, -0.2) is 0 Å². The highest BCUT2D eigenvalue weighted by Crippen LogP contribution is 2.57. The maximum absolute atomic E-state index is 2.61. The molecular weight excluding hydrogens is 631 g/mol. The summed E-state index contributed by atoms with van der Waals surface area (Å²) in [5.41, 5.74) is 12.5. The highest BCUT2D eigenvalue weighted by atomic mass is 15.2. The lowest BCUT2D eigenvalue weighted by molar-refractivity contribution is 0.544. The molecule has 0 N–H and O–H groups in total. The second-order valence-corrected chi connectivity index (χ2v) is 13.7. The van der Waals surface area contributed by atoms with E-state index in [4.69, 9.17) is 0 Å². The minimum atomic E-state index is -0.666. The van der Waals surface area contributed by atoms with Crippen LogP contribution in [0.5, 0.6) is 0 Å². The number of fused-ring (bicyclic) bond motifs is 8. The van der Waals surface area contributed by atoms with Gasteiger partial charge < -0.3 is 14.0 Å². The van der Waals surface area contributed by atoms with Crippen molar-refractivity contribution in [3.8, 4) is 5.69 Å². The van der Waals surface area contributed by atoms with Gasteiger partial charge in [-0.3, -0.25) is 0 Å². The first kappa shape index (κ1) is 28.9. The van der Waals surface area contributed by atoms with E-state index < -0.39 is 5.54 Å². The molecule has 0 radical (unpaired) electrons. The molecule has 2 aromatic heterocycles. The number of nitrogens with zero attached hydrogens (tertiary/aromatic N) is 3. The quantitative estimate of drug-likeness (QED) is 0.183. The van der Waals surface area contributed by atoms with Crippen LogP contribution < -0.4 is 4.90 Å². The first-order valence-electron chi connectivity index (χ1n) is 18.0. The van der Waals surface area contributed by atoms with Crippen molar-refractivity contribution in [3.63, 3.8) is 0 Å². The highest BCUT2D eigenvalue weighted by Gasteiger charge is 2.47. The molecule has 0 saturated heterocycles. The topological polar surface area (TPSA) is 13.1 Å². The molecule has 10 aromatic rings. The summed E-state index contributed by atoms with van der Waals surface area (Å²) in [5, 5.41) is 4.98. The normalized spacial score (nSPS) is 13.5. The molecule has 0 bridgehead atoms. The third kappa shape index (κ3) is 3.85. The van der Waals surface area contributed by atoms with Gasteiger partial charge in [-0.05, 0) is 66.2 Å². The van der Waals surface area contributed by atoms with Crippen molar-refractivity contribution in [3.05, 3.63) is 217 Å². The van der Waals surface area contributed by atoms with Crippen molar-refractivity contribution in [2.45, 2.75) is 5.54 Å². The number of hydrogen-bond acceptors (Lipinski definition) is 1. The molecule has 1 aliphatic rings. The summed E-state index contributed by atoms with van der Waals surface area (Å²) in [4.78, 5) is 2.48. The Hall–Kier alpha value is -6.84. The third-order valence-electron chi connectivity index (χ3n) is 11.1. The molecule has 3 nitrogen and oxygen atoms in total. The Morgan fingerprint density at radius 2 is 0.788 bits per heavy atom. The smallest absolute Gasteiger partial charge is 0.125 e. The molecule has 0 spiro atoms. The zero-order valence-corrected chi connectivity index (χ0v) is 28.4. The Morgan fingerprint density at radius 1 is 0.327 bits per heavy atom. The van der Waals surface area contributed by atoms with Crippen LogP contribution in [0.4, 0.5) is 17.1 Å². The fourth-order valence-electron chi connectivity index (χ4n) is 9.10. The van der Waals surface area contributed by atoms with Gasteiger partial charge in [-0.1, -0.05) is 140 Å². The number of hydrogen-bond donors (Lipinski definition) is 0. The van der Waals surface area contributed by atoms with E-state index in [-0.39, 0.29) is 0 Å². The van der Waals surface area contributed by atoms with Crippen molar-refractivity contribution < 1.29 is 0 Å². The molecule has 0 saturated carbocycles. The van der Waals surface area contributed by atoms with Crippen LogP contribution in [-0.2, 0) is 5.54 Å². The summed E-state index contributed by atoms with van der Waals surface area (Å²) in [6.07, 6.45) is 0. The molecular formula is C49H33N3. The molecule has 0 amide bonds. The lowest BCUT2D eigenvalue weighted by atomic mass is 9.72. The van der Waals surface area contributed by atoms with Gasteiger partial charge >= 0.3 is 0 Å². The minimum Gasteiger partial charge on any atom is -0.322 e. The minimum absolute atomic E-state index is 0.666. The number of rotatable bonds is 4. The van der Waals surface area contributed by atoms with Crippen LogP contribution in [0.2, 0.25) is 0 Å². The maximum Gasteiger partial charge on any atom is 0.125 e. The van der Waals surface area contributed by atoms with Gasteiger partial charge in [-0.15, -0.1) is 0 Å². The number of para-hydroxylation sites is 6. The Balaban J connectivity index is 1.25. The van der Waals surface area contributed by atoms with E-state index in [0.717, 1.165) is 22.7 Å². The summed E-state index contributed by atoms with van der Waals surface area (Å²) in [5.74, 6) is 0. The number of aromatic nitrogens is 2. The molecule has 8 aromatic carbocycles. The summed E-state index contributed by atoms with van der Waals surface area (Å²) in [7, 11) is 0. The summed E-state index contributed by atoms with van der Waals surface area (Å²) >= 11 is 0. The predicted octanol–water partition coefficient (Wildman–Crippen LogP) is 12.5. The van der Waals surface area contributed by atoms with Crippen LogP contribution >= 0.6 is 0 Å². The van der Waals surface area contributed by atoms with Crippen molar-refractivity contribution >= 4 is 60.7 Å². The Morgan fingerprint density at radius 3 is 1.40 bits per heavy atom. The van der Waals surface area contributed by atoms with E-state index in [1.807, 2.05) is 0 Å². The van der Waals surface area contributed by atoms with Crippen molar-refractivity contribution in [2.75, 3.05) is 4.90 Å². The summed E-state index contributed by atoms with van der Waals surface area (Å²) in [6, 6.07) is 73.3. The van der Waals surface area contributed by atoms with Crippen LogP contribution in [0.3, 0.4) is 0 Å². The molecule has 244 valence electrons. The van der Waals surface area contributed by atoms with E-state index in [9.17, 15) is 0 Å². The third-order valence-corrected chi connectivity index (χ3v) is 11.1. The summed E-state index contributed by atoms with van der Waals surface area (Å²) < 4.78 is 4.99. The van der Waals surface area contributed by atoms with Crippen LogP contribution in [0.1, 0.15) is 16.7 Å². The van der Waals surface area contributed by atoms with Gasteiger partial charge in [0.15, 0.2) is 0 Å². The van der Waals surface area contributed by atoms with Crippen molar-refractivity contribution in [1.29, 1.82) is 0 Å². The predicted molar refractivity (Wildman–Crippen MR) is 217 cm³/mol. The molecule has 0 aliphatic carbocycles. The van der Waals surface area contributed by atoms with E-state index in [1.165, 1.54) is 60.3 Å². The number of benzene rings is 8. The van der Waals surface area contributed by atoms with E-state index in [2.05, 4.69) is 214 Å². The molecule has 3 heterocycles. The Kier molecular flexibility index (Phi) is 6.17. The fourth-order valence-corrected chi connectivity index (χ4v) is 9.10. The molecule has 0 fully saturated rings. The van der Waals surface area contributed by atoms with E-state index in [0.29, 0.717) is 0 Å². The number of anilines is 3. The Bertz CT molecular complexity index is 2870. The highest BCUT2D eigenvalue weighted by molar-refractivity contribution is 6.11. The van der Waals surface area contributed by atoms with Crippen LogP contribution in [0.25, 0.3) is 49.3 Å². The second kappa shape index (κ2) is 11.1. The molecule has 0 unspecified atom stereocenters. The first-order chi connectivity index (χ1) is 25.8. The standard InChI is InChI=1S/C49H33N3/c1-3-17-34(18-4-1)49(52-45-27-13-8-21-37(45)38-22-9-14-28-46(38)52)41-24-10-15-29-47(41)51(48-30-16-11-25-42(48)49)36-31-32-44-40(33-36)39-23-7-12-26-43(39)50(44)35-19-5-2-6-20-35/h1-33H. The SMILES string of the molecule is c1ccc(-n2c3ccccc3c3cc(N4c5ccccc5C(c5ccccc5)(n5c6ccccc6c6ccccc65)c5ccccc54)ccc32)cc1. The Labute approximate surface area is 301 Å². The van der Waals surface area contributed by atoms with Crippen LogP contribution in [-0.4, -0.2) is 9.13 Å². The largest absolute Gasteiger partial charge is 0.322 e. The van der Waals surface area contributed by atoms with E-state index >= 15 is 0 Å². The van der Waals surface area contributed by atoms with Gasteiger partial charge in [0.2, 0.25) is 0 Å². The fraction of sp³-hybridized carbons (Fsp3) is 0.0204.